The molecule has 1 saturated heterocycles. The Morgan fingerprint density at radius 1 is 1.42 bits per heavy atom. The Morgan fingerprint density at radius 2 is 2.32 bits per heavy atom. The Labute approximate surface area is 113 Å². The van der Waals surface area contributed by atoms with E-state index in [4.69, 9.17) is 9.84 Å². The summed E-state index contributed by atoms with van der Waals surface area (Å²) in [6, 6.07) is 7.52. The summed E-state index contributed by atoms with van der Waals surface area (Å²) in [6.07, 6.45) is 0.670. The SMILES string of the molecule is OCC#Cc1cccc(OCCN2CCC(O)C2)c1. The molecule has 1 aliphatic rings. The van der Waals surface area contributed by atoms with Gasteiger partial charge in [0.25, 0.3) is 0 Å². The Morgan fingerprint density at radius 3 is 3.05 bits per heavy atom. The first-order chi connectivity index (χ1) is 9.28. The van der Waals surface area contributed by atoms with Gasteiger partial charge in [-0.3, -0.25) is 4.90 Å². The second kappa shape index (κ2) is 7.15. The van der Waals surface area contributed by atoms with Crippen LogP contribution in [0.5, 0.6) is 5.75 Å². The minimum absolute atomic E-state index is 0.137. The van der Waals surface area contributed by atoms with Crippen LogP contribution < -0.4 is 4.74 Å². The molecule has 1 aromatic rings. The van der Waals surface area contributed by atoms with Gasteiger partial charge in [-0.05, 0) is 24.6 Å². The van der Waals surface area contributed by atoms with Crippen LogP contribution in [-0.2, 0) is 0 Å². The quantitative estimate of drug-likeness (QED) is 0.774. The van der Waals surface area contributed by atoms with Gasteiger partial charge in [-0.25, -0.2) is 0 Å². The third kappa shape index (κ3) is 4.56. The van der Waals surface area contributed by atoms with E-state index in [-0.39, 0.29) is 12.7 Å². The van der Waals surface area contributed by atoms with Gasteiger partial charge < -0.3 is 14.9 Å². The highest BCUT2D eigenvalue weighted by atomic mass is 16.5. The predicted molar refractivity (Wildman–Crippen MR) is 73.0 cm³/mol. The highest BCUT2D eigenvalue weighted by molar-refractivity contribution is 5.39. The van der Waals surface area contributed by atoms with Gasteiger partial charge in [-0.2, -0.15) is 0 Å². The van der Waals surface area contributed by atoms with Gasteiger partial charge >= 0.3 is 0 Å². The molecule has 1 atom stereocenters. The lowest BCUT2D eigenvalue weighted by Gasteiger charge is -2.15. The number of benzene rings is 1. The average molecular weight is 261 g/mol. The van der Waals surface area contributed by atoms with Crippen LogP contribution in [0, 0.1) is 11.8 Å². The standard InChI is InChI=1S/C15H19NO3/c17-9-2-4-13-3-1-5-15(11-13)19-10-8-16-7-6-14(18)12-16/h1,3,5,11,14,17-18H,6-10,12H2. The van der Waals surface area contributed by atoms with Crippen LogP contribution in [0.4, 0.5) is 0 Å². The van der Waals surface area contributed by atoms with E-state index in [0.717, 1.165) is 37.4 Å². The van der Waals surface area contributed by atoms with Crippen molar-refractivity contribution in [3.05, 3.63) is 29.8 Å². The Balaban J connectivity index is 1.79. The van der Waals surface area contributed by atoms with Gasteiger partial charge in [0.1, 0.15) is 19.0 Å². The minimum atomic E-state index is -0.183. The molecule has 0 aromatic heterocycles. The molecule has 4 nitrogen and oxygen atoms in total. The summed E-state index contributed by atoms with van der Waals surface area (Å²) < 4.78 is 5.67. The molecule has 1 aliphatic heterocycles. The van der Waals surface area contributed by atoms with Crippen molar-refractivity contribution in [2.24, 2.45) is 0 Å². The Bertz CT molecular complexity index is 464. The fourth-order valence-electron chi connectivity index (χ4n) is 2.11. The molecule has 2 N–H and O–H groups in total. The van der Waals surface area contributed by atoms with Crippen LogP contribution in [0.1, 0.15) is 12.0 Å². The summed E-state index contributed by atoms with van der Waals surface area (Å²) in [4.78, 5) is 2.19. The van der Waals surface area contributed by atoms with Crippen molar-refractivity contribution in [3.8, 4) is 17.6 Å². The van der Waals surface area contributed by atoms with Gasteiger partial charge in [0.2, 0.25) is 0 Å². The van der Waals surface area contributed by atoms with Crippen molar-refractivity contribution < 1.29 is 14.9 Å². The molecule has 0 amide bonds. The first-order valence-corrected chi connectivity index (χ1v) is 6.51. The molecule has 1 fully saturated rings. The van der Waals surface area contributed by atoms with Gasteiger partial charge in [0.05, 0.1) is 6.10 Å². The van der Waals surface area contributed by atoms with Gasteiger partial charge in [0.15, 0.2) is 0 Å². The zero-order valence-corrected chi connectivity index (χ0v) is 10.9. The van der Waals surface area contributed by atoms with E-state index in [0.29, 0.717) is 6.61 Å². The van der Waals surface area contributed by atoms with Crippen LogP contribution in [0.25, 0.3) is 0 Å². The number of nitrogens with zero attached hydrogens (tertiary/aromatic N) is 1. The molecule has 0 aliphatic carbocycles. The summed E-state index contributed by atoms with van der Waals surface area (Å²) in [5, 5.41) is 18.1. The maximum Gasteiger partial charge on any atom is 0.120 e. The van der Waals surface area contributed by atoms with Crippen LogP contribution in [-0.4, -0.2) is 54.1 Å². The maximum atomic E-state index is 9.42. The van der Waals surface area contributed by atoms with Gasteiger partial charge in [-0.15, -0.1) is 0 Å². The first kappa shape index (κ1) is 13.9. The van der Waals surface area contributed by atoms with Gasteiger partial charge in [0, 0.05) is 25.2 Å². The summed E-state index contributed by atoms with van der Waals surface area (Å²) in [5.74, 6) is 6.24. The number of rotatable bonds is 4. The van der Waals surface area contributed by atoms with E-state index < -0.39 is 0 Å². The normalized spacial score (nSPS) is 18.9. The van der Waals surface area contributed by atoms with Crippen molar-refractivity contribution in [2.45, 2.75) is 12.5 Å². The molecule has 1 aromatic carbocycles. The van der Waals surface area contributed by atoms with E-state index in [1.807, 2.05) is 24.3 Å². The second-order valence-corrected chi connectivity index (χ2v) is 4.58. The molecule has 2 rings (SSSR count). The van der Waals surface area contributed by atoms with Gasteiger partial charge in [-0.1, -0.05) is 17.9 Å². The summed E-state index contributed by atoms with van der Waals surface area (Å²) in [7, 11) is 0. The average Bonchev–Trinajstić information content (AvgIpc) is 2.83. The van der Waals surface area contributed by atoms with Crippen molar-refractivity contribution in [2.75, 3.05) is 32.8 Å². The highest BCUT2D eigenvalue weighted by Gasteiger charge is 2.19. The molecule has 0 spiro atoms. The van der Waals surface area contributed by atoms with Crippen LogP contribution in [0.15, 0.2) is 24.3 Å². The number of ether oxygens (including phenoxy) is 1. The van der Waals surface area contributed by atoms with E-state index in [1.54, 1.807) is 0 Å². The number of likely N-dealkylation sites (tertiary alicyclic amines) is 1. The molecular formula is C15H19NO3. The first-order valence-electron chi connectivity index (χ1n) is 6.51. The lowest BCUT2D eigenvalue weighted by Crippen LogP contribution is -2.27. The minimum Gasteiger partial charge on any atom is -0.492 e. The third-order valence-electron chi connectivity index (χ3n) is 3.07. The number of aliphatic hydroxyl groups is 2. The molecule has 4 heteroatoms. The smallest absolute Gasteiger partial charge is 0.120 e. The molecule has 0 bridgehead atoms. The zero-order chi connectivity index (χ0) is 13.5. The maximum absolute atomic E-state index is 9.42. The van der Waals surface area contributed by atoms with Crippen molar-refractivity contribution in [1.29, 1.82) is 0 Å². The summed E-state index contributed by atoms with van der Waals surface area (Å²) in [6.45, 7) is 2.97. The van der Waals surface area contributed by atoms with Crippen LogP contribution >= 0.6 is 0 Å². The molecule has 19 heavy (non-hydrogen) atoms. The van der Waals surface area contributed by atoms with Crippen LogP contribution in [0.2, 0.25) is 0 Å². The van der Waals surface area contributed by atoms with Crippen molar-refractivity contribution >= 4 is 0 Å². The summed E-state index contributed by atoms with van der Waals surface area (Å²) >= 11 is 0. The Kier molecular flexibility index (Phi) is 5.22. The number of β-amino-alcohol motifs (C(OH)–C–C–N with tert-alkyl or cyclic N) is 1. The van der Waals surface area contributed by atoms with Crippen molar-refractivity contribution in [3.63, 3.8) is 0 Å². The monoisotopic (exact) mass is 261 g/mol. The summed E-state index contributed by atoms with van der Waals surface area (Å²) in [5.41, 5.74) is 0.836. The van der Waals surface area contributed by atoms with E-state index in [2.05, 4.69) is 16.7 Å². The fourth-order valence-corrected chi connectivity index (χ4v) is 2.11. The molecular weight excluding hydrogens is 242 g/mol. The lowest BCUT2D eigenvalue weighted by molar-refractivity contribution is 0.167. The topological polar surface area (TPSA) is 52.9 Å². The third-order valence-corrected chi connectivity index (χ3v) is 3.07. The van der Waals surface area contributed by atoms with E-state index in [1.165, 1.54) is 0 Å². The molecule has 1 unspecified atom stereocenters. The number of hydrogen-bond donors (Lipinski definition) is 2. The van der Waals surface area contributed by atoms with Crippen molar-refractivity contribution in [1.82, 2.24) is 4.90 Å². The number of aliphatic hydroxyl groups excluding tert-OH is 2. The molecule has 0 radical (unpaired) electrons. The largest absolute Gasteiger partial charge is 0.492 e. The van der Waals surface area contributed by atoms with E-state index >= 15 is 0 Å². The zero-order valence-electron chi connectivity index (χ0n) is 10.9. The van der Waals surface area contributed by atoms with Crippen LogP contribution in [0.3, 0.4) is 0 Å². The highest BCUT2D eigenvalue weighted by Crippen LogP contribution is 2.13. The second-order valence-electron chi connectivity index (χ2n) is 4.58. The molecule has 0 saturated carbocycles. The number of hydrogen-bond acceptors (Lipinski definition) is 4. The molecule has 102 valence electrons. The Hall–Kier alpha value is -1.54. The predicted octanol–water partition coefficient (Wildman–Crippen LogP) is 0.476. The fraction of sp³-hybridized carbons (Fsp3) is 0.467. The molecule has 1 heterocycles. The lowest BCUT2D eigenvalue weighted by atomic mass is 10.2. The van der Waals surface area contributed by atoms with E-state index in [9.17, 15) is 5.11 Å².